The summed E-state index contributed by atoms with van der Waals surface area (Å²) in [5.41, 5.74) is 1.72. The van der Waals surface area contributed by atoms with Gasteiger partial charge in [-0.25, -0.2) is 0 Å². The predicted molar refractivity (Wildman–Crippen MR) is 124 cm³/mol. The molecule has 0 aliphatic heterocycles. The second kappa shape index (κ2) is 17.3. The standard InChI is InChI=1S/C14H20O7S.C8H8.Na.H/c15-6-7-20-8-9-21-13(11-16)14(22(17,18)19)10-12-4-2-1-3-5-12;1-2-8-6-4-3-5-7-8;;/h1-5,10,13,15-16H,6-9,11H2,(H,17,18,19);2-7H,1H2;;. The summed E-state index contributed by atoms with van der Waals surface area (Å²) < 4.78 is 42.5. The van der Waals surface area contributed by atoms with E-state index >= 15 is 0 Å². The van der Waals surface area contributed by atoms with Crippen LogP contribution in [0.2, 0.25) is 0 Å². The Hall–Kier alpha value is -1.33. The summed E-state index contributed by atoms with van der Waals surface area (Å²) >= 11 is 0. The Morgan fingerprint density at radius 1 is 0.935 bits per heavy atom. The Morgan fingerprint density at radius 3 is 1.90 bits per heavy atom. The van der Waals surface area contributed by atoms with Crippen molar-refractivity contribution in [2.75, 3.05) is 33.0 Å². The molecular formula is C22H29NaO7S. The average molecular weight is 461 g/mol. The van der Waals surface area contributed by atoms with Crippen molar-refractivity contribution in [1.29, 1.82) is 0 Å². The zero-order chi connectivity index (χ0) is 22.2. The normalized spacial score (nSPS) is 12.2. The number of hydrogen-bond donors (Lipinski definition) is 3. The van der Waals surface area contributed by atoms with Gasteiger partial charge in [-0.15, -0.1) is 0 Å². The summed E-state index contributed by atoms with van der Waals surface area (Å²) in [6, 6.07) is 18.5. The van der Waals surface area contributed by atoms with Gasteiger partial charge in [0, 0.05) is 0 Å². The van der Waals surface area contributed by atoms with Gasteiger partial charge in [0.15, 0.2) is 0 Å². The molecule has 2 aromatic carbocycles. The van der Waals surface area contributed by atoms with Gasteiger partial charge in [0.2, 0.25) is 0 Å². The summed E-state index contributed by atoms with van der Waals surface area (Å²) in [5, 5.41) is 17.9. The van der Waals surface area contributed by atoms with Crippen molar-refractivity contribution in [2.24, 2.45) is 0 Å². The molecule has 1 atom stereocenters. The third-order valence-corrected chi connectivity index (χ3v) is 4.68. The molecule has 3 N–H and O–H groups in total. The van der Waals surface area contributed by atoms with Crippen molar-refractivity contribution in [1.82, 2.24) is 0 Å². The maximum absolute atomic E-state index is 11.5. The number of aliphatic hydroxyl groups excluding tert-OH is 2. The summed E-state index contributed by atoms with van der Waals surface area (Å²) in [6.45, 7) is 3.16. The van der Waals surface area contributed by atoms with Crippen LogP contribution in [0.15, 0.2) is 72.1 Å². The van der Waals surface area contributed by atoms with E-state index in [-0.39, 0.29) is 56.0 Å². The van der Waals surface area contributed by atoms with Crippen molar-refractivity contribution in [3.63, 3.8) is 0 Å². The Labute approximate surface area is 206 Å². The molecule has 0 amide bonds. The van der Waals surface area contributed by atoms with Crippen molar-refractivity contribution < 1.29 is 32.7 Å². The molecule has 0 aromatic heterocycles. The third kappa shape index (κ3) is 13.0. The molecule has 1 unspecified atom stereocenters. The van der Waals surface area contributed by atoms with E-state index in [0.29, 0.717) is 5.56 Å². The SMILES string of the molecule is C=Cc1ccccc1.O=S(=O)(O)C(=Cc1ccccc1)C(CO)OCCOCCO.[NaH]. The first-order valence-corrected chi connectivity index (χ1v) is 10.7. The van der Waals surface area contributed by atoms with E-state index in [2.05, 4.69) is 6.58 Å². The van der Waals surface area contributed by atoms with Crippen molar-refractivity contribution in [3.8, 4) is 0 Å². The van der Waals surface area contributed by atoms with Crippen LogP contribution in [-0.4, -0.2) is 91.9 Å². The Balaban J connectivity index is 0.000000838. The molecule has 0 fully saturated rings. The number of hydrogen-bond acceptors (Lipinski definition) is 6. The summed E-state index contributed by atoms with van der Waals surface area (Å²) in [7, 11) is -4.53. The van der Waals surface area contributed by atoms with Gasteiger partial charge in [-0.3, -0.25) is 4.55 Å². The van der Waals surface area contributed by atoms with Crippen LogP contribution in [-0.2, 0) is 19.6 Å². The first-order valence-electron chi connectivity index (χ1n) is 9.25. The molecule has 0 heterocycles. The number of ether oxygens (including phenoxy) is 2. The van der Waals surface area contributed by atoms with Crippen LogP contribution in [0.4, 0.5) is 0 Å². The second-order valence-corrected chi connectivity index (χ2v) is 7.35. The van der Waals surface area contributed by atoms with E-state index in [4.69, 9.17) is 14.6 Å². The van der Waals surface area contributed by atoms with E-state index < -0.39 is 27.7 Å². The molecule has 31 heavy (non-hydrogen) atoms. The summed E-state index contributed by atoms with van der Waals surface area (Å²) in [4.78, 5) is -0.427. The van der Waals surface area contributed by atoms with E-state index in [1.807, 2.05) is 36.4 Å². The molecule has 2 rings (SSSR count). The molecule has 0 radical (unpaired) electrons. The van der Waals surface area contributed by atoms with Crippen molar-refractivity contribution in [2.45, 2.75) is 6.10 Å². The summed E-state index contributed by atoms with van der Waals surface area (Å²) in [6.07, 6.45) is 1.87. The molecule has 0 aliphatic carbocycles. The van der Waals surface area contributed by atoms with Gasteiger partial charge in [0.25, 0.3) is 10.1 Å². The minimum atomic E-state index is -4.53. The molecule has 0 aliphatic rings. The zero-order valence-electron chi connectivity index (χ0n) is 16.6. The fourth-order valence-electron chi connectivity index (χ4n) is 2.28. The van der Waals surface area contributed by atoms with Crippen LogP contribution in [0.3, 0.4) is 0 Å². The maximum atomic E-state index is 11.5. The van der Waals surface area contributed by atoms with E-state index in [1.165, 1.54) is 11.6 Å². The van der Waals surface area contributed by atoms with Gasteiger partial charge in [-0.05, 0) is 17.2 Å². The molecule has 0 bridgehead atoms. The molecule has 0 saturated heterocycles. The van der Waals surface area contributed by atoms with Crippen LogP contribution < -0.4 is 0 Å². The number of aliphatic hydroxyl groups is 2. The van der Waals surface area contributed by atoms with Crippen LogP contribution in [0.25, 0.3) is 12.2 Å². The van der Waals surface area contributed by atoms with Crippen LogP contribution in [0.1, 0.15) is 11.1 Å². The van der Waals surface area contributed by atoms with E-state index in [9.17, 15) is 18.1 Å². The second-order valence-electron chi connectivity index (χ2n) is 5.93. The molecule has 166 valence electrons. The van der Waals surface area contributed by atoms with Gasteiger partial charge >= 0.3 is 29.6 Å². The third-order valence-electron chi connectivity index (χ3n) is 3.71. The van der Waals surface area contributed by atoms with Gasteiger partial charge < -0.3 is 19.7 Å². The van der Waals surface area contributed by atoms with Crippen LogP contribution in [0, 0.1) is 0 Å². The van der Waals surface area contributed by atoms with Gasteiger partial charge in [0.05, 0.1) is 33.0 Å². The van der Waals surface area contributed by atoms with E-state index in [1.54, 1.807) is 30.3 Å². The first kappa shape index (κ1) is 29.7. The van der Waals surface area contributed by atoms with Gasteiger partial charge in [-0.1, -0.05) is 73.3 Å². The predicted octanol–water partition coefficient (Wildman–Crippen LogP) is 1.98. The monoisotopic (exact) mass is 460 g/mol. The molecule has 9 heteroatoms. The molecule has 0 spiro atoms. The van der Waals surface area contributed by atoms with E-state index in [0.717, 1.165) is 0 Å². The number of benzene rings is 2. The summed E-state index contributed by atoms with van der Waals surface area (Å²) in [5.74, 6) is 0. The Bertz CT molecular complexity index is 856. The van der Waals surface area contributed by atoms with Gasteiger partial charge in [-0.2, -0.15) is 8.42 Å². The molecule has 0 saturated carbocycles. The van der Waals surface area contributed by atoms with Crippen molar-refractivity contribution in [3.05, 3.63) is 83.3 Å². The minimum absolute atomic E-state index is 0. The van der Waals surface area contributed by atoms with Crippen LogP contribution in [0.5, 0.6) is 0 Å². The Kier molecular flexibility index (Phi) is 16.5. The number of rotatable bonds is 11. The molecule has 7 nitrogen and oxygen atoms in total. The van der Waals surface area contributed by atoms with Gasteiger partial charge in [0.1, 0.15) is 11.0 Å². The van der Waals surface area contributed by atoms with Crippen LogP contribution >= 0.6 is 0 Å². The topological polar surface area (TPSA) is 113 Å². The molecular weight excluding hydrogens is 431 g/mol. The quantitative estimate of drug-likeness (QED) is 0.267. The average Bonchev–Trinajstić information content (AvgIpc) is 2.76. The first-order chi connectivity index (χ1) is 14.4. The molecule has 2 aromatic rings. The van der Waals surface area contributed by atoms with Crippen molar-refractivity contribution >= 4 is 51.8 Å². The fraction of sp³-hybridized carbons (Fsp3) is 0.273. The zero-order valence-corrected chi connectivity index (χ0v) is 17.4. The fourth-order valence-corrected chi connectivity index (χ4v) is 3.04. The Morgan fingerprint density at radius 2 is 1.48 bits per heavy atom.